The maximum absolute atomic E-state index is 11.4. The summed E-state index contributed by atoms with van der Waals surface area (Å²) in [6.45, 7) is 3.48. The number of benzene rings is 1. The van der Waals surface area contributed by atoms with Crippen molar-refractivity contribution in [3.8, 4) is 22.5 Å². The minimum atomic E-state index is -0.183. The van der Waals surface area contributed by atoms with E-state index in [-0.39, 0.29) is 5.91 Å². The molecule has 0 unspecified atom stereocenters. The molecule has 1 N–H and O–H groups in total. The average molecular weight is 378 g/mol. The monoisotopic (exact) mass is 377 g/mol. The largest absolute Gasteiger partial charge is 0.311 e. The van der Waals surface area contributed by atoms with Crippen molar-refractivity contribution in [3.63, 3.8) is 0 Å². The van der Waals surface area contributed by atoms with Crippen LogP contribution in [0.2, 0.25) is 5.15 Å². The van der Waals surface area contributed by atoms with Gasteiger partial charge in [0.2, 0.25) is 5.91 Å². The maximum Gasteiger partial charge on any atom is 0.222 e. The zero-order valence-electron chi connectivity index (χ0n) is 14.8. The Bertz CT molecular complexity index is 1170. The summed E-state index contributed by atoms with van der Waals surface area (Å²) in [5.41, 5.74) is 5.19. The molecule has 0 atom stereocenters. The number of pyridine rings is 1. The van der Waals surface area contributed by atoms with Gasteiger partial charge in [-0.1, -0.05) is 35.4 Å². The van der Waals surface area contributed by atoms with Crippen LogP contribution in [-0.2, 0) is 4.79 Å². The van der Waals surface area contributed by atoms with Crippen molar-refractivity contribution in [3.05, 3.63) is 65.4 Å². The smallest absolute Gasteiger partial charge is 0.222 e. The predicted octanol–water partition coefficient (Wildman–Crippen LogP) is 4.38. The first kappa shape index (κ1) is 17.2. The van der Waals surface area contributed by atoms with E-state index in [1.165, 1.54) is 6.92 Å². The van der Waals surface area contributed by atoms with Crippen molar-refractivity contribution in [2.75, 3.05) is 5.32 Å². The van der Waals surface area contributed by atoms with Crippen LogP contribution in [0.25, 0.3) is 28.2 Å². The number of fused-ring (bicyclic) bond motifs is 1. The number of halogens is 1. The Morgan fingerprint density at radius 3 is 2.74 bits per heavy atom. The minimum Gasteiger partial charge on any atom is -0.311 e. The molecule has 27 heavy (non-hydrogen) atoms. The Hall–Kier alpha value is -3.25. The highest BCUT2D eigenvalue weighted by molar-refractivity contribution is 6.29. The number of hydrogen-bond donors (Lipinski definition) is 1. The number of nitrogens with one attached hydrogen (secondary N) is 1. The van der Waals surface area contributed by atoms with E-state index in [2.05, 4.69) is 21.5 Å². The molecule has 0 aliphatic carbocycles. The van der Waals surface area contributed by atoms with Gasteiger partial charge in [0, 0.05) is 24.2 Å². The highest BCUT2D eigenvalue weighted by Crippen LogP contribution is 2.33. The lowest BCUT2D eigenvalue weighted by Crippen LogP contribution is -2.07. The fraction of sp³-hybridized carbons (Fsp3) is 0.100. The van der Waals surface area contributed by atoms with Crippen molar-refractivity contribution in [1.82, 2.24) is 19.6 Å². The molecule has 0 saturated carbocycles. The number of rotatable bonds is 3. The molecule has 7 heteroatoms. The molecule has 4 aromatic rings. The van der Waals surface area contributed by atoms with Crippen molar-refractivity contribution in [2.24, 2.45) is 0 Å². The van der Waals surface area contributed by atoms with Crippen LogP contribution in [0.3, 0.4) is 0 Å². The third-order valence-corrected chi connectivity index (χ3v) is 4.28. The number of carbonyl (C=O) groups is 1. The molecule has 0 saturated heterocycles. The number of hydrogen-bond acceptors (Lipinski definition) is 4. The van der Waals surface area contributed by atoms with Crippen molar-refractivity contribution < 1.29 is 4.79 Å². The van der Waals surface area contributed by atoms with Gasteiger partial charge in [0.1, 0.15) is 16.7 Å². The third kappa shape index (κ3) is 3.39. The highest BCUT2D eigenvalue weighted by Gasteiger charge is 2.18. The van der Waals surface area contributed by atoms with E-state index in [1.807, 2.05) is 37.3 Å². The van der Waals surface area contributed by atoms with Gasteiger partial charge < -0.3 is 5.32 Å². The molecule has 4 rings (SSSR count). The van der Waals surface area contributed by atoms with E-state index in [9.17, 15) is 4.79 Å². The van der Waals surface area contributed by atoms with E-state index in [0.29, 0.717) is 16.6 Å². The van der Waals surface area contributed by atoms with Gasteiger partial charge in [-0.2, -0.15) is 5.10 Å². The topological polar surface area (TPSA) is 72.2 Å². The number of anilines is 1. The fourth-order valence-electron chi connectivity index (χ4n) is 2.99. The molecular weight excluding hydrogens is 362 g/mol. The van der Waals surface area contributed by atoms with E-state index < -0.39 is 0 Å². The molecular formula is C20H16ClN5O. The summed E-state index contributed by atoms with van der Waals surface area (Å²) in [4.78, 5) is 20.4. The van der Waals surface area contributed by atoms with Crippen LogP contribution >= 0.6 is 11.6 Å². The van der Waals surface area contributed by atoms with Gasteiger partial charge in [0.15, 0.2) is 5.65 Å². The number of imidazole rings is 1. The normalized spacial score (nSPS) is 10.9. The van der Waals surface area contributed by atoms with Gasteiger partial charge >= 0.3 is 0 Å². The lowest BCUT2D eigenvalue weighted by atomic mass is 10.0. The lowest BCUT2D eigenvalue weighted by Gasteiger charge is -2.08. The summed E-state index contributed by atoms with van der Waals surface area (Å²) in [6.07, 6.45) is 1.64. The Morgan fingerprint density at radius 1 is 1.11 bits per heavy atom. The van der Waals surface area contributed by atoms with Crippen LogP contribution in [0.4, 0.5) is 5.82 Å². The Balaban J connectivity index is 1.99. The van der Waals surface area contributed by atoms with Gasteiger partial charge in [-0.3, -0.25) is 4.79 Å². The molecule has 3 aromatic heterocycles. The van der Waals surface area contributed by atoms with Crippen molar-refractivity contribution in [2.45, 2.75) is 13.8 Å². The predicted molar refractivity (Wildman–Crippen MR) is 106 cm³/mol. The Labute approximate surface area is 160 Å². The van der Waals surface area contributed by atoms with Gasteiger partial charge in [-0.15, -0.1) is 0 Å². The highest BCUT2D eigenvalue weighted by atomic mass is 35.5. The molecule has 0 bridgehead atoms. The van der Waals surface area contributed by atoms with E-state index in [0.717, 1.165) is 28.1 Å². The molecule has 134 valence electrons. The second kappa shape index (κ2) is 6.81. The Kier molecular flexibility index (Phi) is 4.33. The number of aryl methyl sites for hydroxylation is 1. The molecule has 0 spiro atoms. The SMILES string of the molecule is CC(=O)Nc1cc(-c2c(-c3cccc(C)c3)nc3ccc(Cl)nn23)ccn1. The van der Waals surface area contributed by atoms with Crippen molar-refractivity contribution in [1.29, 1.82) is 0 Å². The summed E-state index contributed by atoms with van der Waals surface area (Å²) in [6, 6.07) is 15.3. The first-order valence-corrected chi connectivity index (χ1v) is 8.75. The average Bonchev–Trinajstić information content (AvgIpc) is 3.00. The Morgan fingerprint density at radius 2 is 1.96 bits per heavy atom. The lowest BCUT2D eigenvalue weighted by molar-refractivity contribution is -0.114. The molecule has 1 amide bonds. The van der Waals surface area contributed by atoms with E-state index >= 15 is 0 Å². The summed E-state index contributed by atoms with van der Waals surface area (Å²) >= 11 is 6.13. The minimum absolute atomic E-state index is 0.183. The molecule has 0 aliphatic rings. The maximum atomic E-state index is 11.4. The van der Waals surface area contributed by atoms with Crippen LogP contribution in [0.15, 0.2) is 54.7 Å². The summed E-state index contributed by atoms with van der Waals surface area (Å²) in [5, 5.41) is 7.50. The summed E-state index contributed by atoms with van der Waals surface area (Å²) in [5.74, 6) is 0.282. The first-order chi connectivity index (χ1) is 13.0. The van der Waals surface area contributed by atoms with Gasteiger partial charge in [-0.05, 0) is 37.3 Å². The van der Waals surface area contributed by atoms with Crippen LogP contribution in [0.5, 0.6) is 0 Å². The standard InChI is InChI=1S/C20H16ClN5O/c1-12-4-3-5-14(10-12)19-20(26-18(24-19)7-6-16(21)25-26)15-8-9-22-17(11-15)23-13(2)27/h3-11H,1-2H3,(H,22,23,27). The van der Waals surface area contributed by atoms with Crippen molar-refractivity contribution >= 4 is 29.0 Å². The van der Waals surface area contributed by atoms with Gasteiger partial charge in [-0.25, -0.2) is 14.5 Å². The quantitative estimate of drug-likeness (QED) is 0.575. The second-order valence-corrected chi connectivity index (χ2v) is 6.60. The zero-order valence-corrected chi connectivity index (χ0v) is 15.5. The second-order valence-electron chi connectivity index (χ2n) is 6.22. The van der Waals surface area contributed by atoms with Gasteiger partial charge in [0.25, 0.3) is 0 Å². The zero-order chi connectivity index (χ0) is 19.0. The molecule has 0 radical (unpaired) electrons. The van der Waals surface area contributed by atoms with E-state index in [1.54, 1.807) is 22.8 Å². The molecule has 6 nitrogen and oxygen atoms in total. The molecule has 0 aliphatic heterocycles. The summed E-state index contributed by atoms with van der Waals surface area (Å²) < 4.78 is 1.72. The molecule has 0 fully saturated rings. The third-order valence-electron chi connectivity index (χ3n) is 4.07. The van der Waals surface area contributed by atoms with Crippen LogP contribution < -0.4 is 5.32 Å². The van der Waals surface area contributed by atoms with Gasteiger partial charge in [0.05, 0.1) is 5.69 Å². The first-order valence-electron chi connectivity index (χ1n) is 8.37. The van der Waals surface area contributed by atoms with Crippen LogP contribution in [0, 0.1) is 6.92 Å². The number of amides is 1. The molecule has 1 aromatic carbocycles. The van der Waals surface area contributed by atoms with E-state index in [4.69, 9.17) is 16.6 Å². The molecule has 3 heterocycles. The number of aromatic nitrogens is 4. The number of carbonyl (C=O) groups excluding carboxylic acids is 1. The summed E-state index contributed by atoms with van der Waals surface area (Å²) in [7, 11) is 0. The van der Waals surface area contributed by atoms with Crippen LogP contribution in [0.1, 0.15) is 12.5 Å². The number of nitrogens with zero attached hydrogens (tertiary/aromatic N) is 4. The fourth-order valence-corrected chi connectivity index (χ4v) is 3.13. The van der Waals surface area contributed by atoms with Crippen LogP contribution in [-0.4, -0.2) is 25.5 Å².